The Kier molecular flexibility index (Phi) is 5.27. The van der Waals surface area contributed by atoms with Gasteiger partial charge in [-0.2, -0.15) is 5.10 Å². The minimum Gasteiger partial charge on any atom is -0.370 e. The van der Waals surface area contributed by atoms with Gasteiger partial charge in [0.05, 0.1) is 30.6 Å². The van der Waals surface area contributed by atoms with Gasteiger partial charge in [-0.25, -0.2) is 0 Å². The van der Waals surface area contributed by atoms with Gasteiger partial charge in [-0.3, -0.25) is 9.89 Å². The lowest BCUT2D eigenvalue weighted by Gasteiger charge is -2.33. The zero-order valence-electron chi connectivity index (χ0n) is 14.8. The second-order valence-corrected chi connectivity index (χ2v) is 7.63. The Morgan fingerprint density at radius 2 is 1.96 bits per heavy atom. The molecule has 1 aromatic heterocycles. The summed E-state index contributed by atoms with van der Waals surface area (Å²) in [6, 6.07) is 7.65. The summed E-state index contributed by atoms with van der Waals surface area (Å²) >= 11 is 5.97. The first-order valence-electron chi connectivity index (χ1n) is 9.42. The Morgan fingerprint density at radius 3 is 2.73 bits per heavy atom. The molecule has 1 N–H and O–H groups in total. The van der Waals surface area contributed by atoms with E-state index < -0.39 is 0 Å². The normalized spacial score (nSPS) is 21.7. The van der Waals surface area contributed by atoms with E-state index in [0.29, 0.717) is 30.6 Å². The topological polar surface area (TPSA) is 58.2 Å². The van der Waals surface area contributed by atoms with E-state index in [1.54, 1.807) is 6.20 Å². The first-order chi connectivity index (χ1) is 12.7. The molecule has 2 heterocycles. The molecule has 0 bridgehead atoms. The molecule has 1 aliphatic heterocycles. The number of H-pyrrole nitrogens is 1. The Labute approximate surface area is 158 Å². The summed E-state index contributed by atoms with van der Waals surface area (Å²) in [6.07, 6.45) is 7.60. The molecule has 0 unspecified atom stereocenters. The second-order valence-electron chi connectivity index (χ2n) is 7.19. The number of morpholine rings is 1. The number of hydrogen-bond acceptors (Lipinski definition) is 3. The maximum absolute atomic E-state index is 13.1. The van der Waals surface area contributed by atoms with E-state index in [1.165, 1.54) is 19.3 Å². The summed E-state index contributed by atoms with van der Waals surface area (Å²) in [4.78, 5) is 15.0. The van der Waals surface area contributed by atoms with Crippen molar-refractivity contribution in [3.8, 4) is 0 Å². The van der Waals surface area contributed by atoms with Gasteiger partial charge in [0.1, 0.15) is 6.10 Å². The van der Waals surface area contributed by atoms with E-state index >= 15 is 0 Å². The fourth-order valence-corrected chi connectivity index (χ4v) is 4.18. The standard InChI is InChI=1S/C20H24ClN3O2/c21-16-8-6-14(7-9-16)18-13-24(10-11-26-18)20(25)17-12-22-23-19(17)15-4-2-1-3-5-15/h6-9,12,15,18H,1-5,10-11,13H2,(H,22,23)/t18-/m1/s1. The molecule has 2 aromatic rings. The molecule has 4 rings (SSSR count). The number of nitrogens with zero attached hydrogens (tertiary/aromatic N) is 2. The number of halogens is 1. The number of ether oxygens (including phenoxy) is 1. The molecule has 6 heteroatoms. The summed E-state index contributed by atoms with van der Waals surface area (Å²) in [5.41, 5.74) is 2.80. The Hall–Kier alpha value is -1.85. The molecule has 138 valence electrons. The highest BCUT2D eigenvalue weighted by molar-refractivity contribution is 6.30. The van der Waals surface area contributed by atoms with Gasteiger partial charge in [-0.1, -0.05) is 43.0 Å². The Bertz CT molecular complexity index is 753. The van der Waals surface area contributed by atoms with Gasteiger partial charge in [-0.05, 0) is 30.5 Å². The summed E-state index contributed by atoms with van der Waals surface area (Å²) in [7, 11) is 0. The van der Waals surface area contributed by atoms with Gasteiger partial charge in [-0.15, -0.1) is 0 Å². The van der Waals surface area contributed by atoms with Crippen molar-refractivity contribution >= 4 is 17.5 Å². The third-order valence-corrected chi connectivity index (χ3v) is 5.76. The average molecular weight is 374 g/mol. The van der Waals surface area contributed by atoms with Crippen LogP contribution in [0, 0.1) is 0 Å². The summed E-state index contributed by atoms with van der Waals surface area (Å²) < 4.78 is 5.89. The van der Waals surface area contributed by atoms with Crippen LogP contribution in [0.15, 0.2) is 30.5 Å². The maximum atomic E-state index is 13.1. The highest BCUT2D eigenvalue weighted by Gasteiger charge is 2.30. The van der Waals surface area contributed by atoms with E-state index in [-0.39, 0.29) is 12.0 Å². The molecular weight excluding hydrogens is 350 g/mol. The third-order valence-electron chi connectivity index (χ3n) is 5.51. The van der Waals surface area contributed by atoms with Crippen LogP contribution in [0.3, 0.4) is 0 Å². The number of rotatable bonds is 3. The smallest absolute Gasteiger partial charge is 0.257 e. The largest absolute Gasteiger partial charge is 0.370 e. The van der Waals surface area contributed by atoms with Crippen LogP contribution < -0.4 is 0 Å². The zero-order valence-corrected chi connectivity index (χ0v) is 15.5. The molecule has 1 aliphatic carbocycles. The minimum atomic E-state index is -0.116. The van der Waals surface area contributed by atoms with E-state index in [4.69, 9.17) is 16.3 Å². The van der Waals surface area contributed by atoms with Crippen LogP contribution >= 0.6 is 11.6 Å². The van der Waals surface area contributed by atoms with Crippen molar-refractivity contribution in [2.45, 2.75) is 44.1 Å². The van der Waals surface area contributed by atoms with Gasteiger partial charge in [0.25, 0.3) is 5.91 Å². The molecule has 2 aliphatic rings. The van der Waals surface area contributed by atoms with Crippen molar-refractivity contribution in [1.29, 1.82) is 0 Å². The molecule has 1 saturated heterocycles. The lowest BCUT2D eigenvalue weighted by atomic mass is 9.85. The molecular formula is C20H24ClN3O2. The van der Waals surface area contributed by atoms with Crippen LogP contribution in [-0.4, -0.2) is 40.7 Å². The number of nitrogens with one attached hydrogen (secondary N) is 1. The number of carbonyl (C=O) groups is 1. The van der Waals surface area contributed by atoms with Crippen LogP contribution in [-0.2, 0) is 4.74 Å². The predicted octanol–water partition coefficient (Wildman–Crippen LogP) is 4.32. The highest BCUT2D eigenvalue weighted by atomic mass is 35.5. The van der Waals surface area contributed by atoms with Crippen molar-refractivity contribution in [3.63, 3.8) is 0 Å². The van der Waals surface area contributed by atoms with Gasteiger partial charge in [0, 0.05) is 17.5 Å². The summed E-state index contributed by atoms with van der Waals surface area (Å²) in [5, 5.41) is 7.98. The fraction of sp³-hybridized carbons (Fsp3) is 0.500. The molecule has 1 aromatic carbocycles. The molecule has 0 spiro atoms. The van der Waals surface area contributed by atoms with E-state index in [9.17, 15) is 4.79 Å². The second kappa shape index (κ2) is 7.80. The average Bonchev–Trinajstić information content (AvgIpc) is 3.18. The van der Waals surface area contributed by atoms with Gasteiger partial charge >= 0.3 is 0 Å². The molecule has 26 heavy (non-hydrogen) atoms. The van der Waals surface area contributed by atoms with Gasteiger partial charge in [0.15, 0.2) is 0 Å². The van der Waals surface area contributed by atoms with Crippen LogP contribution in [0.1, 0.15) is 65.7 Å². The van der Waals surface area contributed by atoms with Crippen LogP contribution in [0.5, 0.6) is 0 Å². The van der Waals surface area contributed by atoms with Crippen molar-refractivity contribution in [1.82, 2.24) is 15.1 Å². The van der Waals surface area contributed by atoms with E-state index in [0.717, 1.165) is 29.7 Å². The lowest BCUT2D eigenvalue weighted by Crippen LogP contribution is -2.42. The predicted molar refractivity (Wildman–Crippen MR) is 100 cm³/mol. The van der Waals surface area contributed by atoms with E-state index in [1.807, 2.05) is 29.2 Å². The molecule has 1 saturated carbocycles. The molecule has 2 fully saturated rings. The molecule has 0 radical (unpaired) electrons. The van der Waals surface area contributed by atoms with Crippen LogP contribution in [0.4, 0.5) is 0 Å². The number of aromatic amines is 1. The number of amides is 1. The number of aromatic nitrogens is 2. The number of carbonyl (C=O) groups excluding carboxylic acids is 1. The Balaban J connectivity index is 1.49. The highest BCUT2D eigenvalue weighted by Crippen LogP contribution is 2.34. The quantitative estimate of drug-likeness (QED) is 0.871. The molecule has 1 amide bonds. The first-order valence-corrected chi connectivity index (χ1v) is 9.80. The zero-order chi connectivity index (χ0) is 17.9. The van der Waals surface area contributed by atoms with E-state index in [2.05, 4.69) is 10.2 Å². The fourth-order valence-electron chi connectivity index (χ4n) is 4.05. The summed E-state index contributed by atoms with van der Waals surface area (Å²) in [5.74, 6) is 0.486. The maximum Gasteiger partial charge on any atom is 0.257 e. The molecule has 5 nitrogen and oxygen atoms in total. The van der Waals surface area contributed by atoms with Crippen LogP contribution in [0.25, 0.3) is 0 Å². The van der Waals surface area contributed by atoms with Crippen molar-refractivity contribution in [2.24, 2.45) is 0 Å². The van der Waals surface area contributed by atoms with Crippen molar-refractivity contribution in [2.75, 3.05) is 19.7 Å². The Morgan fingerprint density at radius 1 is 1.19 bits per heavy atom. The van der Waals surface area contributed by atoms with Gasteiger partial charge in [0.2, 0.25) is 0 Å². The van der Waals surface area contributed by atoms with Crippen LogP contribution in [0.2, 0.25) is 5.02 Å². The third kappa shape index (κ3) is 3.64. The van der Waals surface area contributed by atoms with Crippen molar-refractivity contribution in [3.05, 3.63) is 52.3 Å². The SMILES string of the molecule is O=C(c1cn[nH]c1C1CCCCC1)N1CCO[C@@H](c2ccc(Cl)cc2)C1. The van der Waals surface area contributed by atoms with Crippen molar-refractivity contribution < 1.29 is 9.53 Å². The monoisotopic (exact) mass is 373 g/mol. The lowest BCUT2D eigenvalue weighted by molar-refractivity contribution is -0.0228. The first kappa shape index (κ1) is 17.6. The summed E-state index contributed by atoms with van der Waals surface area (Å²) in [6.45, 7) is 1.70. The van der Waals surface area contributed by atoms with Gasteiger partial charge < -0.3 is 9.64 Å². The minimum absolute atomic E-state index is 0.0570. The molecule has 1 atom stereocenters. The number of benzene rings is 1. The number of hydrogen-bond donors (Lipinski definition) is 1.